The fourth-order valence-electron chi connectivity index (χ4n) is 11.3. The Hall–Kier alpha value is -9.76. The second-order valence-electron chi connectivity index (χ2n) is 19.2. The molecule has 2 heteroatoms. The van der Waals surface area contributed by atoms with Crippen molar-refractivity contribution in [2.24, 2.45) is 0 Å². The van der Waals surface area contributed by atoms with Crippen molar-refractivity contribution in [2.75, 3.05) is 4.90 Å². The van der Waals surface area contributed by atoms with Crippen molar-refractivity contribution < 1.29 is 4.42 Å². The Kier molecular flexibility index (Phi) is 10.6. The standard InChI is InChI=1S/C72H47NO/c1-2-19-53-47-56(35-34-48(53)16-1)63-27-8-10-29-65(63)64-28-9-7-26-61(64)52-38-42-58(43-39-52)73(57-40-36-49(37-41-57)54-22-13-23-55(46-54)62-31-14-20-50-17-3-5-24-59(50)62)69-45-44-67(66-32-15-21-51-18-4-6-25-60(51)66)72-71(69)68-30-11-12-33-70(68)74-72/h1-47H. The number of furan rings is 1. The van der Waals surface area contributed by atoms with Crippen molar-refractivity contribution in [1.82, 2.24) is 0 Å². The molecule has 0 saturated carbocycles. The van der Waals surface area contributed by atoms with E-state index in [1.165, 1.54) is 76.8 Å². The zero-order valence-corrected chi connectivity index (χ0v) is 40.5. The summed E-state index contributed by atoms with van der Waals surface area (Å²) in [5.74, 6) is 0. The molecule has 13 aromatic carbocycles. The molecule has 14 aromatic rings. The highest BCUT2D eigenvalue weighted by atomic mass is 16.3. The first-order chi connectivity index (χ1) is 36.7. The lowest BCUT2D eigenvalue weighted by atomic mass is 9.89. The maximum absolute atomic E-state index is 6.97. The van der Waals surface area contributed by atoms with Crippen LogP contribution in [0.25, 0.3) is 121 Å². The summed E-state index contributed by atoms with van der Waals surface area (Å²) >= 11 is 0. The topological polar surface area (TPSA) is 16.4 Å². The van der Waals surface area contributed by atoms with Crippen molar-refractivity contribution in [3.8, 4) is 66.8 Å². The number of hydrogen-bond donors (Lipinski definition) is 0. The van der Waals surface area contributed by atoms with Gasteiger partial charge in [-0.15, -0.1) is 0 Å². The van der Waals surface area contributed by atoms with Gasteiger partial charge in [0.1, 0.15) is 11.2 Å². The molecule has 74 heavy (non-hydrogen) atoms. The van der Waals surface area contributed by atoms with Crippen LogP contribution in [0.5, 0.6) is 0 Å². The highest BCUT2D eigenvalue weighted by Crippen LogP contribution is 2.48. The summed E-state index contributed by atoms with van der Waals surface area (Å²) in [4.78, 5) is 2.40. The third-order valence-corrected chi connectivity index (χ3v) is 14.9. The number of rotatable bonds is 9. The van der Waals surface area contributed by atoms with E-state index in [9.17, 15) is 0 Å². The quantitative estimate of drug-likeness (QED) is 0.143. The SMILES string of the molecule is c1cc(-c2ccc(N(c3ccc(-c4ccccc4-c4ccccc4-c4ccc5ccccc5c4)cc3)c3ccc(-c4cccc5ccccc45)c4oc5ccccc5c34)cc2)cc(-c2cccc3ccccc23)c1. The Morgan fingerprint density at radius 3 is 1.42 bits per heavy atom. The van der Waals surface area contributed by atoms with Crippen LogP contribution < -0.4 is 4.90 Å². The summed E-state index contributed by atoms with van der Waals surface area (Å²) in [6.45, 7) is 0. The molecule has 0 N–H and O–H groups in total. The molecule has 1 heterocycles. The van der Waals surface area contributed by atoms with Crippen LogP contribution >= 0.6 is 0 Å². The van der Waals surface area contributed by atoms with E-state index in [1.807, 2.05) is 0 Å². The Bertz CT molecular complexity index is 4420. The molecular formula is C72H47NO. The van der Waals surface area contributed by atoms with Crippen LogP contribution in [0, 0.1) is 0 Å². The Morgan fingerprint density at radius 2 is 0.716 bits per heavy atom. The fourth-order valence-corrected chi connectivity index (χ4v) is 11.3. The van der Waals surface area contributed by atoms with Crippen LogP contribution in [0.2, 0.25) is 0 Å². The Labute approximate surface area is 430 Å². The van der Waals surface area contributed by atoms with E-state index in [-0.39, 0.29) is 0 Å². The molecule has 0 spiro atoms. The summed E-state index contributed by atoms with van der Waals surface area (Å²) < 4.78 is 6.97. The molecule has 0 unspecified atom stereocenters. The van der Waals surface area contributed by atoms with Gasteiger partial charge in [-0.3, -0.25) is 0 Å². The van der Waals surface area contributed by atoms with Gasteiger partial charge >= 0.3 is 0 Å². The molecule has 0 amide bonds. The van der Waals surface area contributed by atoms with Gasteiger partial charge in [-0.2, -0.15) is 0 Å². The fraction of sp³-hybridized carbons (Fsp3) is 0. The average Bonchev–Trinajstić information content (AvgIpc) is 3.90. The van der Waals surface area contributed by atoms with E-state index in [1.54, 1.807) is 0 Å². The third-order valence-electron chi connectivity index (χ3n) is 14.9. The molecular weight excluding hydrogens is 895 g/mol. The van der Waals surface area contributed by atoms with Gasteiger partial charge < -0.3 is 9.32 Å². The number of fused-ring (bicyclic) bond motifs is 6. The van der Waals surface area contributed by atoms with Gasteiger partial charge in [0.25, 0.3) is 0 Å². The van der Waals surface area contributed by atoms with Crippen LogP contribution in [-0.4, -0.2) is 0 Å². The van der Waals surface area contributed by atoms with Crippen molar-refractivity contribution in [1.29, 1.82) is 0 Å². The number of anilines is 3. The lowest BCUT2D eigenvalue weighted by molar-refractivity contribution is 0.670. The van der Waals surface area contributed by atoms with Gasteiger partial charge in [0.15, 0.2) is 0 Å². The zero-order chi connectivity index (χ0) is 49.0. The van der Waals surface area contributed by atoms with E-state index >= 15 is 0 Å². The van der Waals surface area contributed by atoms with Gasteiger partial charge in [-0.05, 0) is 148 Å². The first-order valence-corrected chi connectivity index (χ1v) is 25.4. The molecule has 0 aliphatic rings. The Balaban J connectivity index is 0.910. The first kappa shape index (κ1) is 43.1. The third kappa shape index (κ3) is 7.52. The van der Waals surface area contributed by atoms with Gasteiger partial charge in [-0.25, -0.2) is 0 Å². The molecule has 0 aliphatic carbocycles. The first-order valence-electron chi connectivity index (χ1n) is 25.4. The van der Waals surface area contributed by atoms with E-state index in [4.69, 9.17) is 4.42 Å². The average molecular weight is 942 g/mol. The summed E-state index contributed by atoms with van der Waals surface area (Å²) in [5.41, 5.74) is 18.9. The minimum absolute atomic E-state index is 0.855. The second kappa shape index (κ2) is 18.1. The number of nitrogens with zero attached hydrogens (tertiary/aromatic N) is 1. The van der Waals surface area contributed by atoms with Gasteiger partial charge in [0.2, 0.25) is 0 Å². The predicted octanol–water partition coefficient (Wildman–Crippen LogP) is 20.5. The van der Waals surface area contributed by atoms with E-state index in [0.717, 1.165) is 61.3 Å². The van der Waals surface area contributed by atoms with Crippen molar-refractivity contribution >= 4 is 71.3 Å². The summed E-state index contributed by atoms with van der Waals surface area (Å²) in [5, 5.41) is 9.49. The molecule has 346 valence electrons. The number of hydrogen-bond acceptors (Lipinski definition) is 2. The minimum atomic E-state index is 0.855. The molecule has 14 rings (SSSR count). The van der Waals surface area contributed by atoms with E-state index in [2.05, 4.69) is 290 Å². The van der Waals surface area contributed by atoms with E-state index in [0.29, 0.717) is 0 Å². The minimum Gasteiger partial charge on any atom is -0.455 e. The smallest absolute Gasteiger partial charge is 0.145 e. The highest BCUT2D eigenvalue weighted by Gasteiger charge is 2.24. The second-order valence-corrected chi connectivity index (χ2v) is 19.2. The van der Waals surface area contributed by atoms with Crippen molar-refractivity contribution in [2.45, 2.75) is 0 Å². The number of para-hydroxylation sites is 1. The van der Waals surface area contributed by atoms with Crippen LogP contribution in [-0.2, 0) is 0 Å². The molecule has 0 radical (unpaired) electrons. The lowest BCUT2D eigenvalue weighted by Gasteiger charge is -2.27. The highest BCUT2D eigenvalue weighted by molar-refractivity contribution is 6.18. The van der Waals surface area contributed by atoms with Crippen LogP contribution in [0.4, 0.5) is 17.1 Å². The molecule has 0 atom stereocenters. The van der Waals surface area contributed by atoms with Gasteiger partial charge in [0, 0.05) is 22.3 Å². The van der Waals surface area contributed by atoms with E-state index < -0.39 is 0 Å². The lowest BCUT2D eigenvalue weighted by Crippen LogP contribution is -2.10. The van der Waals surface area contributed by atoms with Crippen LogP contribution in [0.1, 0.15) is 0 Å². The van der Waals surface area contributed by atoms with Gasteiger partial charge in [-0.1, -0.05) is 231 Å². The monoisotopic (exact) mass is 941 g/mol. The van der Waals surface area contributed by atoms with Crippen LogP contribution in [0.15, 0.2) is 290 Å². The summed E-state index contributed by atoms with van der Waals surface area (Å²) in [6.07, 6.45) is 0. The Morgan fingerprint density at radius 1 is 0.243 bits per heavy atom. The normalized spacial score (nSPS) is 11.5. The molecule has 2 nitrogen and oxygen atoms in total. The van der Waals surface area contributed by atoms with Crippen LogP contribution in [0.3, 0.4) is 0 Å². The van der Waals surface area contributed by atoms with Crippen molar-refractivity contribution in [3.63, 3.8) is 0 Å². The summed E-state index contributed by atoms with van der Waals surface area (Å²) in [7, 11) is 0. The van der Waals surface area contributed by atoms with Gasteiger partial charge in [0.05, 0.1) is 11.1 Å². The molecule has 0 bridgehead atoms. The van der Waals surface area contributed by atoms with Crippen molar-refractivity contribution in [3.05, 3.63) is 285 Å². The maximum Gasteiger partial charge on any atom is 0.145 e. The number of benzene rings is 13. The molecule has 0 saturated heterocycles. The zero-order valence-electron chi connectivity index (χ0n) is 40.5. The molecule has 1 aromatic heterocycles. The summed E-state index contributed by atoms with van der Waals surface area (Å²) in [6, 6.07) is 103. The predicted molar refractivity (Wildman–Crippen MR) is 314 cm³/mol. The largest absolute Gasteiger partial charge is 0.455 e. The maximum atomic E-state index is 6.97. The molecule has 0 fully saturated rings. The molecule has 0 aliphatic heterocycles.